The monoisotopic (exact) mass is 745 g/mol. The number of rotatable bonds is 2. The fourth-order valence-corrected chi connectivity index (χ4v) is 6.55. The summed E-state index contributed by atoms with van der Waals surface area (Å²) in [6.45, 7) is 42.8. The van der Waals surface area contributed by atoms with Gasteiger partial charge in [-0.1, -0.05) is 69.2 Å². The summed E-state index contributed by atoms with van der Waals surface area (Å²) in [5.74, 6) is 14.7. The number of benzene rings is 1. The van der Waals surface area contributed by atoms with Crippen molar-refractivity contribution in [1.29, 1.82) is 0 Å². The van der Waals surface area contributed by atoms with Crippen molar-refractivity contribution >= 4 is 12.1 Å². The summed E-state index contributed by atoms with van der Waals surface area (Å²) >= 11 is 1.55. The van der Waals surface area contributed by atoms with Crippen LogP contribution in [0.25, 0.3) is 0 Å². The molecule has 0 unspecified atom stereocenters. The first-order valence-electron chi connectivity index (χ1n) is 15.1. The van der Waals surface area contributed by atoms with E-state index >= 15 is 0 Å². The van der Waals surface area contributed by atoms with Crippen LogP contribution >= 0.6 is 6.37 Å². The van der Waals surface area contributed by atoms with Gasteiger partial charge < -0.3 is 0 Å². The Labute approximate surface area is 270 Å². The van der Waals surface area contributed by atoms with Gasteiger partial charge in [-0.3, -0.25) is 0 Å². The fraction of sp³-hybridized carbons (Fsp3) is 0.579. The van der Waals surface area contributed by atoms with E-state index in [4.69, 9.17) is 0 Å². The summed E-state index contributed by atoms with van der Waals surface area (Å²) in [5, 5.41) is 3.65. The zero-order chi connectivity index (χ0) is 32.4. The van der Waals surface area contributed by atoms with E-state index < -0.39 is 0 Å². The zero-order valence-electron chi connectivity index (χ0n) is 30.0. The summed E-state index contributed by atoms with van der Waals surface area (Å²) in [6, 6.07) is 4.83. The largest absolute Gasteiger partial charge is 0.0579 e. The van der Waals surface area contributed by atoms with Crippen molar-refractivity contribution in [3.8, 4) is 0 Å². The molecule has 0 heterocycles. The topological polar surface area (TPSA) is 12.0 Å². The van der Waals surface area contributed by atoms with Gasteiger partial charge in [-0.05, 0) is 59.2 Å². The molecule has 3 rings (SSSR count). The van der Waals surface area contributed by atoms with E-state index in [0.717, 1.165) is 0 Å². The van der Waals surface area contributed by atoms with Gasteiger partial charge in [-0.15, -0.1) is 0 Å². The van der Waals surface area contributed by atoms with Gasteiger partial charge >= 0.3 is 143 Å². The first-order chi connectivity index (χ1) is 18.4. The predicted molar refractivity (Wildman–Crippen MR) is 182 cm³/mol. The first kappa shape index (κ1) is 39.0. The first-order valence-corrected chi connectivity index (χ1v) is 19.8. The van der Waals surface area contributed by atoms with Crippen LogP contribution in [0.15, 0.2) is 12.1 Å². The van der Waals surface area contributed by atoms with Crippen LogP contribution in [0.1, 0.15) is 148 Å². The molecule has 2 saturated carbocycles. The quantitative estimate of drug-likeness (QED) is 0.297. The van der Waals surface area contributed by atoms with E-state index in [1.54, 1.807) is 18.8 Å². The molecular weight excluding hydrogens is 685 g/mol. The van der Waals surface area contributed by atoms with Crippen LogP contribution in [0.3, 0.4) is 0 Å². The smallest absolute Gasteiger partial charge is 0.0130 e. The zero-order valence-corrected chi connectivity index (χ0v) is 33.8. The third kappa shape index (κ3) is 9.75. The van der Waals surface area contributed by atoms with Gasteiger partial charge in [0.2, 0.25) is 0 Å². The fourth-order valence-electron chi connectivity index (χ4n) is 5.24. The molecule has 0 amide bonds. The standard InChI is InChI=1S/C18H30NP.2C10H15.W/c1-16(2,3)12-10-13(17(4,5)6)15(19-20)14(11-12)18(7,8)9;2*1-6-7(2)9(4)10(5)8(6)3;/h10-11,19H,1-9H3;2*1-5H3;. The predicted octanol–water partition coefficient (Wildman–Crippen LogP) is 12.3. The Morgan fingerprint density at radius 2 is 0.659 bits per heavy atom. The van der Waals surface area contributed by atoms with Gasteiger partial charge in [-0.25, -0.2) is 0 Å². The Morgan fingerprint density at radius 3 is 0.805 bits per heavy atom. The van der Waals surface area contributed by atoms with Crippen LogP contribution < -0.4 is 5.09 Å². The van der Waals surface area contributed by atoms with Gasteiger partial charge in [0.05, 0.1) is 0 Å². The maximum Gasteiger partial charge on any atom is -0.0130 e. The Morgan fingerprint density at radius 1 is 0.439 bits per heavy atom. The van der Waals surface area contributed by atoms with Gasteiger partial charge in [0.15, 0.2) is 0 Å². The van der Waals surface area contributed by atoms with Crippen LogP contribution in [0.4, 0.5) is 5.69 Å². The maximum atomic E-state index is 3.65. The molecule has 2 fully saturated rings. The molecule has 10 radical (unpaired) electrons. The van der Waals surface area contributed by atoms with Crippen molar-refractivity contribution in [3.05, 3.63) is 88.0 Å². The minimum atomic E-state index is 0.142. The molecule has 1 N–H and O–H groups in total. The van der Waals surface area contributed by atoms with E-state index in [9.17, 15) is 0 Å². The van der Waals surface area contributed by atoms with Crippen molar-refractivity contribution in [3.63, 3.8) is 0 Å². The molecule has 0 aliphatic heterocycles. The Kier molecular flexibility index (Phi) is 14.1. The van der Waals surface area contributed by atoms with Crippen LogP contribution in [0.2, 0.25) is 0 Å². The molecular formula is C38H60NPW. The number of anilines is 1. The second-order valence-corrected chi connectivity index (χ2v) is 17.5. The summed E-state index contributed by atoms with van der Waals surface area (Å²) in [4.78, 5) is 0. The molecule has 0 aromatic heterocycles. The average molecular weight is 746 g/mol. The molecule has 2 aliphatic rings. The van der Waals surface area contributed by atoms with Crippen LogP contribution in [0.5, 0.6) is 0 Å². The van der Waals surface area contributed by atoms with Gasteiger partial charge in [-0.2, -0.15) is 0 Å². The van der Waals surface area contributed by atoms with Crippen molar-refractivity contribution < 1.29 is 18.8 Å². The number of nitrogens with one attached hydrogen (secondary N) is 1. The van der Waals surface area contributed by atoms with E-state index in [2.05, 4.69) is 149 Å². The van der Waals surface area contributed by atoms with Crippen LogP contribution in [0, 0.1) is 59.2 Å². The van der Waals surface area contributed by atoms with Crippen molar-refractivity contribution in [2.24, 2.45) is 0 Å². The molecule has 0 bridgehead atoms. The Hall–Kier alpha value is 0.00831. The van der Waals surface area contributed by atoms with Crippen molar-refractivity contribution in [2.75, 3.05) is 5.09 Å². The summed E-state index contributed by atoms with van der Waals surface area (Å²) in [5.41, 5.74) is 6.12. The third-order valence-electron chi connectivity index (χ3n) is 9.40. The molecule has 228 valence electrons. The van der Waals surface area contributed by atoms with Crippen LogP contribution in [-0.4, -0.2) is 0 Å². The SMILES string of the molecule is CC(C)(C)c1cc(C(C)(C)C)c(N[P]=[W])c(C(C)(C)C)c1.C[C]1[C](C)[C](C)[C](C)[C]1C.C[C]1[C](C)[C](C)[C](C)[C]1C. The van der Waals surface area contributed by atoms with E-state index in [0.29, 0.717) is 0 Å². The van der Waals surface area contributed by atoms with E-state index in [-0.39, 0.29) is 16.2 Å². The average Bonchev–Trinajstić information content (AvgIpc) is 3.12. The number of hydrogen-bond donors (Lipinski definition) is 1. The minimum absolute atomic E-state index is 0.142. The molecule has 41 heavy (non-hydrogen) atoms. The molecule has 1 aromatic rings. The molecule has 1 nitrogen and oxygen atoms in total. The summed E-state index contributed by atoms with van der Waals surface area (Å²) in [6.07, 6.45) is 1.28. The molecule has 0 atom stereocenters. The minimum Gasteiger partial charge on any atom is -0.0579 e. The van der Waals surface area contributed by atoms with Crippen molar-refractivity contribution in [1.82, 2.24) is 0 Å². The van der Waals surface area contributed by atoms with Gasteiger partial charge in [0.1, 0.15) is 0 Å². The normalized spacial score (nSPS) is 20.9. The van der Waals surface area contributed by atoms with Crippen LogP contribution in [-0.2, 0) is 35.1 Å². The molecule has 0 saturated heterocycles. The molecule has 3 heteroatoms. The number of hydrogen-bond acceptors (Lipinski definition) is 1. The van der Waals surface area contributed by atoms with Gasteiger partial charge in [0, 0.05) is 0 Å². The second kappa shape index (κ2) is 14.9. The van der Waals surface area contributed by atoms with Gasteiger partial charge in [0.25, 0.3) is 0 Å². The Balaban J connectivity index is 0.000000348. The molecule has 0 spiro atoms. The van der Waals surface area contributed by atoms with E-state index in [1.165, 1.54) is 87.9 Å². The summed E-state index contributed by atoms with van der Waals surface area (Å²) in [7, 11) is 0. The molecule has 1 aromatic carbocycles. The summed E-state index contributed by atoms with van der Waals surface area (Å²) < 4.78 is 0. The second-order valence-electron chi connectivity index (χ2n) is 15.1. The maximum absolute atomic E-state index is 3.65. The Bertz CT molecular complexity index is 823. The van der Waals surface area contributed by atoms with E-state index in [1.807, 2.05) is 0 Å². The third-order valence-corrected chi connectivity index (χ3v) is 10.7. The van der Waals surface area contributed by atoms with Crippen molar-refractivity contribution in [2.45, 2.75) is 148 Å². The molecule has 2 aliphatic carbocycles.